The molecule has 10 heteroatoms. The van der Waals surface area contributed by atoms with Gasteiger partial charge in [0.05, 0.1) is 22.2 Å². The van der Waals surface area contributed by atoms with Crippen molar-refractivity contribution in [2.24, 2.45) is 0 Å². The lowest BCUT2D eigenvalue weighted by Crippen LogP contribution is -2.11. The van der Waals surface area contributed by atoms with Crippen LogP contribution >= 0.6 is 11.6 Å². The molecule has 0 aliphatic heterocycles. The van der Waals surface area contributed by atoms with E-state index in [1.807, 2.05) is 0 Å². The number of amides is 1. The molecule has 0 fully saturated rings. The summed E-state index contributed by atoms with van der Waals surface area (Å²) in [5.74, 6) is -0.605. The summed E-state index contributed by atoms with van der Waals surface area (Å²) in [5, 5.41) is 25.5. The van der Waals surface area contributed by atoms with E-state index in [1.165, 1.54) is 24.3 Å². The van der Waals surface area contributed by atoms with Crippen LogP contribution in [0.15, 0.2) is 36.4 Å². The molecule has 0 spiro atoms. The van der Waals surface area contributed by atoms with Crippen LogP contribution in [0, 0.1) is 10.1 Å². The smallest absolute Gasteiger partial charge is 0.294 e. The van der Waals surface area contributed by atoms with Crippen molar-refractivity contribution in [3.05, 3.63) is 57.1 Å². The number of halogens is 1. The molecule has 0 unspecified atom stereocenters. The third kappa shape index (κ3) is 5.33. The summed E-state index contributed by atoms with van der Waals surface area (Å²) in [5.41, 5.74) is 12.8. The van der Waals surface area contributed by atoms with Crippen molar-refractivity contribution in [1.82, 2.24) is 0 Å². The Labute approximate surface area is 159 Å². The number of nitro groups is 1. The van der Waals surface area contributed by atoms with E-state index in [0.29, 0.717) is 16.9 Å². The van der Waals surface area contributed by atoms with E-state index in [4.69, 9.17) is 28.2 Å². The van der Waals surface area contributed by atoms with Crippen LogP contribution in [-0.4, -0.2) is 29.1 Å². The average Bonchev–Trinajstić information content (AvgIpc) is 2.61. The third-order valence-electron chi connectivity index (χ3n) is 3.49. The van der Waals surface area contributed by atoms with Gasteiger partial charge in [-0.1, -0.05) is 11.6 Å². The van der Waals surface area contributed by atoms with E-state index in [-0.39, 0.29) is 35.2 Å². The number of benzene rings is 2. The van der Waals surface area contributed by atoms with Crippen molar-refractivity contribution in [3.8, 4) is 0 Å². The molecule has 0 bridgehead atoms. The number of carbonyl (C=O) groups excluding carboxylic acids is 1. The predicted molar refractivity (Wildman–Crippen MR) is 107 cm³/mol. The van der Waals surface area contributed by atoms with E-state index in [9.17, 15) is 14.9 Å². The Kier molecular flexibility index (Phi) is 6.58. The monoisotopic (exact) mass is 391 g/mol. The lowest BCUT2D eigenvalue weighted by Gasteiger charge is -2.10. The normalized spacial score (nSPS) is 10.7. The number of nitrogen functional groups attached to an aromatic ring is 2. The molecule has 1 amide bonds. The van der Waals surface area contributed by atoms with Crippen LogP contribution in [0.4, 0.5) is 28.4 Å². The van der Waals surface area contributed by atoms with Gasteiger partial charge in [-0.15, -0.1) is 0 Å². The lowest BCUT2D eigenvalue weighted by molar-refractivity contribution is -0.383. The molecule has 9 nitrogen and oxygen atoms in total. The quantitative estimate of drug-likeness (QED) is 0.210. The summed E-state index contributed by atoms with van der Waals surface area (Å²) in [7, 11) is 0. The molecule has 2 aromatic rings. The largest absolute Gasteiger partial charge is 0.399 e. The zero-order chi connectivity index (χ0) is 20.0. The van der Waals surface area contributed by atoms with Crippen molar-refractivity contribution in [2.75, 3.05) is 35.3 Å². The highest BCUT2D eigenvalue weighted by molar-refractivity contribution is 6.33. The molecule has 0 heterocycles. The molecule has 0 aliphatic rings. The van der Waals surface area contributed by atoms with Gasteiger partial charge in [0.15, 0.2) is 0 Å². The molecule has 27 heavy (non-hydrogen) atoms. The number of hydrogen-bond acceptors (Lipinski definition) is 7. The molecule has 2 aromatic carbocycles. The van der Waals surface area contributed by atoms with E-state index in [0.717, 1.165) is 0 Å². The first-order valence-electron chi connectivity index (χ1n) is 7.78. The second-order valence-corrected chi connectivity index (χ2v) is 5.87. The van der Waals surface area contributed by atoms with Gasteiger partial charge in [-0.3, -0.25) is 14.9 Å². The number of aliphatic hydroxyl groups is 1. The van der Waals surface area contributed by atoms with E-state index in [2.05, 4.69) is 10.6 Å². The van der Waals surface area contributed by atoms with E-state index < -0.39 is 10.8 Å². The predicted octanol–water partition coefficient (Wildman–Crippen LogP) is 2.47. The summed E-state index contributed by atoms with van der Waals surface area (Å²) in [6, 6.07) is 7.29. The number of rotatable bonds is 7. The highest BCUT2D eigenvalue weighted by atomic mass is 35.5. The maximum atomic E-state index is 12.1. The van der Waals surface area contributed by atoms with Crippen LogP contribution in [0.5, 0.6) is 0 Å². The zero-order valence-corrected chi connectivity index (χ0v) is 14.9. The first-order valence-corrected chi connectivity index (χ1v) is 8.16. The number of nitrogens with two attached hydrogens (primary N) is 2. The Morgan fingerprint density at radius 3 is 2.67 bits per heavy atom. The molecular weight excluding hydrogens is 374 g/mol. The number of hydrogen-bond donors (Lipinski definition) is 5. The fourth-order valence-corrected chi connectivity index (χ4v) is 2.45. The molecule has 7 N–H and O–H groups in total. The minimum Gasteiger partial charge on any atom is -0.399 e. The number of nitrogens with zero attached hydrogens (tertiary/aromatic N) is 1. The Balaban J connectivity index is 2.23. The Hall–Kier alpha value is -3.30. The fraction of sp³-hybridized carbons (Fsp3) is 0.118. The van der Waals surface area contributed by atoms with Crippen LogP contribution in [-0.2, 0) is 4.79 Å². The summed E-state index contributed by atoms with van der Waals surface area (Å²) < 4.78 is 0. The fourth-order valence-electron chi connectivity index (χ4n) is 2.22. The molecule has 142 valence electrons. The highest BCUT2D eigenvalue weighted by Gasteiger charge is 2.19. The van der Waals surface area contributed by atoms with Crippen molar-refractivity contribution >= 4 is 52.0 Å². The third-order valence-corrected chi connectivity index (χ3v) is 3.81. The van der Waals surface area contributed by atoms with Crippen molar-refractivity contribution in [2.45, 2.75) is 0 Å². The van der Waals surface area contributed by atoms with Gasteiger partial charge in [0.1, 0.15) is 5.69 Å². The molecule has 0 atom stereocenters. The maximum Gasteiger partial charge on any atom is 0.294 e. The van der Waals surface area contributed by atoms with Gasteiger partial charge in [-0.25, -0.2) is 0 Å². The first-order chi connectivity index (χ1) is 12.8. The lowest BCUT2D eigenvalue weighted by atomic mass is 10.1. The van der Waals surface area contributed by atoms with Crippen LogP contribution in [0.3, 0.4) is 0 Å². The number of anilines is 4. The summed E-state index contributed by atoms with van der Waals surface area (Å²) in [6.45, 7) is 0.00743. The van der Waals surface area contributed by atoms with Gasteiger partial charge >= 0.3 is 0 Å². The van der Waals surface area contributed by atoms with E-state index in [1.54, 1.807) is 18.2 Å². The Morgan fingerprint density at radius 2 is 2.00 bits per heavy atom. The second-order valence-electron chi connectivity index (χ2n) is 5.47. The van der Waals surface area contributed by atoms with Gasteiger partial charge in [0.2, 0.25) is 5.91 Å². The summed E-state index contributed by atoms with van der Waals surface area (Å²) >= 11 is 6.07. The van der Waals surface area contributed by atoms with Gasteiger partial charge < -0.3 is 27.2 Å². The standard InChI is InChI=1S/C17H18ClN5O4/c18-12-8-15(16(23(26)27)9-14(12)21-5-6-24)22-17(25)4-1-10-7-11(19)2-3-13(10)20/h1-4,7-9,21,24H,5-6,19-20H2,(H,22,25). The zero-order valence-electron chi connectivity index (χ0n) is 14.1. The van der Waals surface area contributed by atoms with Crippen molar-refractivity contribution < 1.29 is 14.8 Å². The van der Waals surface area contributed by atoms with Gasteiger partial charge in [0, 0.05) is 30.1 Å². The molecular formula is C17H18ClN5O4. The molecule has 0 aromatic heterocycles. The number of carbonyl (C=O) groups is 1. The van der Waals surface area contributed by atoms with Crippen LogP contribution in [0.25, 0.3) is 6.08 Å². The topological polar surface area (TPSA) is 157 Å². The van der Waals surface area contributed by atoms with E-state index >= 15 is 0 Å². The molecule has 0 saturated carbocycles. The van der Waals surface area contributed by atoms with Crippen LogP contribution < -0.4 is 22.1 Å². The van der Waals surface area contributed by atoms with Crippen molar-refractivity contribution in [3.63, 3.8) is 0 Å². The van der Waals surface area contributed by atoms with Gasteiger partial charge in [-0.05, 0) is 35.9 Å². The van der Waals surface area contributed by atoms with Crippen molar-refractivity contribution in [1.29, 1.82) is 0 Å². The highest BCUT2D eigenvalue weighted by Crippen LogP contribution is 2.34. The van der Waals surface area contributed by atoms with Crippen LogP contribution in [0.1, 0.15) is 5.56 Å². The summed E-state index contributed by atoms with van der Waals surface area (Å²) in [6.07, 6.45) is 2.63. The Bertz CT molecular complexity index is 901. The number of aliphatic hydroxyl groups excluding tert-OH is 1. The molecule has 0 saturated heterocycles. The molecule has 0 radical (unpaired) electrons. The van der Waals surface area contributed by atoms with Gasteiger partial charge in [0.25, 0.3) is 5.69 Å². The minimum absolute atomic E-state index is 0.0604. The number of nitrogens with one attached hydrogen (secondary N) is 2. The molecule has 0 aliphatic carbocycles. The average molecular weight is 392 g/mol. The molecule has 2 rings (SSSR count). The first kappa shape index (κ1) is 20.0. The van der Waals surface area contributed by atoms with Gasteiger partial charge in [-0.2, -0.15) is 0 Å². The summed E-state index contributed by atoms with van der Waals surface area (Å²) in [4.78, 5) is 22.8. The number of nitro benzene ring substituents is 1. The SMILES string of the molecule is Nc1ccc(N)c(C=CC(=O)Nc2cc(Cl)c(NCCO)cc2[N+](=O)[O-])c1. The second kappa shape index (κ2) is 8.88. The minimum atomic E-state index is -0.643. The maximum absolute atomic E-state index is 12.1. The van der Waals surface area contributed by atoms with Crippen LogP contribution in [0.2, 0.25) is 5.02 Å². The Morgan fingerprint density at radius 1 is 1.26 bits per heavy atom.